The maximum atomic E-state index is 11.7. The monoisotopic (exact) mass is 363 g/mol. The SMILES string of the molecule is CN=C(NCc1c(C)nn(C)c1C)N1CCN(CCC(=O)N(C)C)CC1. The zero-order valence-electron chi connectivity index (χ0n) is 17.0. The summed E-state index contributed by atoms with van der Waals surface area (Å²) >= 11 is 0. The van der Waals surface area contributed by atoms with Crippen molar-refractivity contribution < 1.29 is 4.79 Å². The summed E-state index contributed by atoms with van der Waals surface area (Å²) in [5.74, 6) is 1.11. The molecule has 1 aliphatic rings. The molecule has 0 unspecified atom stereocenters. The molecule has 0 atom stereocenters. The van der Waals surface area contributed by atoms with Gasteiger partial charge in [-0.25, -0.2) is 0 Å². The van der Waals surface area contributed by atoms with E-state index in [0.29, 0.717) is 6.42 Å². The van der Waals surface area contributed by atoms with Crippen LogP contribution in [0.3, 0.4) is 0 Å². The maximum Gasteiger partial charge on any atom is 0.223 e. The number of carbonyl (C=O) groups is 1. The van der Waals surface area contributed by atoms with Crippen molar-refractivity contribution in [3.8, 4) is 0 Å². The van der Waals surface area contributed by atoms with Crippen LogP contribution in [0.4, 0.5) is 0 Å². The second-order valence-corrected chi connectivity index (χ2v) is 7.04. The number of amides is 1. The van der Waals surface area contributed by atoms with E-state index in [1.54, 1.807) is 4.90 Å². The van der Waals surface area contributed by atoms with E-state index < -0.39 is 0 Å². The Bertz CT molecular complexity index is 642. The molecular formula is C18H33N7O. The quantitative estimate of drug-likeness (QED) is 0.598. The van der Waals surface area contributed by atoms with Gasteiger partial charge >= 0.3 is 0 Å². The predicted octanol–water partition coefficient (Wildman–Crippen LogP) is 0.208. The number of aryl methyl sites for hydroxylation is 2. The number of rotatable bonds is 5. The van der Waals surface area contributed by atoms with Crippen LogP contribution in [0.2, 0.25) is 0 Å². The molecule has 1 aromatic heterocycles. The first-order valence-corrected chi connectivity index (χ1v) is 9.20. The number of nitrogens with one attached hydrogen (secondary N) is 1. The zero-order valence-corrected chi connectivity index (χ0v) is 17.0. The van der Waals surface area contributed by atoms with Crippen molar-refractivity contribution in [2.45, 2.75) is 26.8 Å². The van der Waals surface area contributed by atoms with Crippen LogP contribution in [0.25, 0.3) is 0 Å². The highest BCUT2D eigenvalue weighted by atomic mass is 16.2. The summed E-state index contributed by atoms with van der Waals surface area (Å²) in [6, 6.07) is 0. The van der Waals surface area contributed by atoms with Crippen LogP contribution in [0.15, 0.2) is 4.99 Å². The van der Waals surface area contributed by atoms with Gasteiger partial charge in [0.25, 0.3) is 0 Å². The van der Waals surface area contributed by atoms with E-state index in [4.69, 9.17) is 0 Å². The molecule has 1 amide bonds. The van der Waals surface area contributed by atoms with Crippen LogP contribution >= 0.6 is 0 Å². The minimum absolute atomic E-state index is 0.187. The van der Waals surface area contributed by atoms with Gasteiger partial charge in [-0.1, -0.05) is 0 Å². The predicted molar refractivity (Wildman–Crippen MR) is 104 cm³/mol. The maximum absolute atomic E-state index is 11.7. The molecule has 1 aromatic rings. The molecule has 8 heteroatoms. The number of hydrogen-bond donors (Lipinski definition) is 1. The molecule has 1 fully saturated rings. The Morgan fingerprint density at radius 3 is 2.38 bits per heavy atom. The van der Waals surface area contributed by atoms with Gasteiger partial charge in [-0.3, -0.25) is 19.4 Å². The number of nitrogens with zero attached hydrogens (tertiary/aromatic N) is 6. The average Bonchev–Trinajstić information content (AvgIpc) is 2.86. The molecule has 0 saturated carbocycles. The van der Waals surface area contributed by atoms with Crippen LogP contribution in [0.5, 0.6) is 0 Å². The fraction of sp³-hybridized carbons (Fsp3) is 0.722. The number of guanidine groups is 1. The number of aliphatic imine (C=N–C) groups is 1. The lowest BCUT2D eigenvalue weighted by atomic mass is 10.2. The number of piperazine rings is 1. The van der Waals surface area contributed by atoms with Crippen LogP contribution in [0.1, 0.15) is 23.4 Å². The molecule has 1 saturated heterocycles. The summed E-state index contributed by atoms with van der Waals surface area (Å²) < 4.78 is 1.92. The molecule has 0 radical (unpaired) electrons. The highest BCUT2D eigenvalue weighted by Crippen LogP contribution is 2.12. The van der Waals surface area contributed by atoms with E-state index in [1.165, 1.54) is 11.3 Å². The van der Waals surface area contributed by atoms with E-state index in [2.05, 4.69) is 32.1 Å². The lowest BCUT2D eigenvalue weighted by Gasteiger charge is -2.36. The van der Waals surface area contributed by atoms with Gasteiger partial charge in [0.15, 0.2) is 5.96 Å². The Balaban J connectivity index is 1.82. The third-order valence-electron chi connectivity index (χ3n) is 5.11. The van der Waals surface area contributed by atoms with Crippen LogP contribution in [0, 0.1) is 13.8 Å². The van der Waals surface area contributed by atoms with Crippen molar-refractivity contribution in [3.05, 3.63) is 17.0 Å². The van der Waals surface area contributed by atoms with Crippen LogP contribution in [-0.4, -0.2) is 90.2 Å². The van der Waals surface area contributed by atoms with E-state index in [9.17, 15) is 4.79 Å². The van der Waals surface area contributed by atoms with Gasteiger partial charge in [0.2, 0.25) is 5.91 Å². The van der Waals surface area contributed by atoms with E-state index in [-0.39, 0.29) is 5.91 Å². The van der Waals surface area contributed by atoms with Gasteiger partial charge in [0.05, 0.1) is 5.69 Å². The summed E-state index contributed by atoms with van der Waals surface area (Å²) in [6.07, 6.45) is 0.583. The molecular weight excluding hydrogens is 330 g/mol. The van der Waals surface area contributed by atoms with E-state index >= 15 is 0 Å². The summed E-state index contributed by atoms with van der Waals surface area (Å²) in [6.45, 7) is 9.43. The zero-order chi connectivity index (χ0) is 19.3. The first kappa shape index (κ1) is 20.2. The standard InChI is InChI=1S/C18H33N7O/c1-14-16(15(2)23(6)21-14)13-20-18(19-3)25-11-9-24(10-12-25)8-7-17(26)22(4)5/h7-13H2,1-6H3,(H,19,20). The molecule has 146 valence electrons. The fourth-order valence-corrected chi connectivity index (χ4v) is 3.23. The van der Waals surface area contributed by atoms with Crippen molar-refractivity contribution in [3.63, 3.8) is 0 Å². The van der Waals surface area contributed by atoms with E-state index in [1.807, 2.05) is 39.8 Å². The second kappa shape index (κ2) is 9.02. The Hall–Kier alpha value is -2.09. The molecule has 0 aromatic carbocycles. The van der Waals surface area contributed by atoms with E-state index in [0.717, 1.165) is 50.9 Å². The normalized spacial score (nSPS) is 16.1. The molecule has 0 aliphatic carbocycles. The number of aromatic nitrogens is 2. The topological polar surface area (TPSA) is 69.0 Å². The van der Waals surface area contributed by atoms with Crippen LogP contribution in [-0.2, 0) is 18.4 Å². The lowest BCUT2D eigenvalue weighted by molar-refractivity contribution is -0.129. The number of hydrogen-bond acceptors (Lipinski definition) is 4. The molecule has 0 bridgehead atoms. The summed E-state index contributed by atoms with van der Waals surface area (Å²) in [5.41, 5.74) is 3.47. The highest BCUT2D eigenvalue weighted by molar-refractivity contribution is 5.80. The fourth-order valence-electron chi connectivity index (χ4n) is 3.23. The average molecular weight is 364 g/mol. The summed E-state index contributed by atoms with van der Waals surface area (Å²) in [7, 11) is 7.41. The van der Waals surface area contributed by atoms with Gasteiger partial charge in [-0.15, -0.1) is 0 Å². The summed E-state index contributed by atoms with van der Waals surface area (Å²) in [5, 5.41) is 7.94. The second-order valence-electron chi connectivity index (χ2n) is 7.04. The Morgan fingerprint density at radius 2 is 1.88 bits per heavy atom. The van der Waals surface area contributed by atoms with Crippen molar-refractivity contribution >= 4 is 11.9 Å². The molecule has 26 heavy (non-hydrogen) atoms. The van der Waals surface area contributed by atoms with Gasteiger partial charge in [0.1, 0.15) is 0 Å². The molecule has 0 spiro atoms. The highest BCUT2D eigenvalue weighted by Gasteiger charge is 2.20. The van der Waals surface area contributed by atoms with Crippen molar-refractivity contribution in [1.82, 2.24) is 29.8 Å². The van der Waals surface area contributed by atoms with Crippen molar-refractivity contribution in [2.75, 3.05) is 53.9 Å². The molecule has 1 aliphatic heterocycles. The Labute approximate surface area is 156 Å². The lowest BCUT2D eigenvalue weighted by Crippen LogP contribution is -2.52. The summed E-state index contributed by atoms with van der Waals surface area (Å²) in [4.78, 5) is 22.5. The minimum atomic E-state index is 0.187. The molecule has 8 nitrogen and oxygen atoms in total. The third-order valence-corrected chi connectivity index (χ3v) is 5.11. The largest absolute Gasteiger partial charge is 0.352 e. The van der Waals surface area contributed by atoms with Gasteiger partial charge in [-0.2, -0.15) is 5.10 Å². The Morgan fingerprint density at radius 1 is 1.23 bits per heavy atom. The van der Waals surface area contributed by atoms with Gasteiger partial charge in [-0.05, 0) is 13.8 Å². The first-order valence-electron chi connectivity index (χ1n) is 9.20. The molecule has 2 heterocycles. The van der Waals surface area contributed by atoms with Crippen LogP contribution < -0.4 is 5.32 Å². The Kier molecular flexibility index (Phi) is 7.02. The molecule has 1 N–H and O–H groups in total. The van der Waals surface area contributed by atoms with Gasteiger partial charge < -0.3 is 15.1 Å². The van der Waals surface area contributed by atoms with Gasteiger partial charge in [0, 0.05) is 85.1 Å². The minimum Gasteiger partial charge on any atom is -0.352 e. The molecule has 2 rings (SSSR count). The van der Waals surface area contributed by atoms with Crippen molar-refractivity contribution in [2.24, 2.45) is 12.0 Å². The first-order chi connectivity index (χ1) is 12.3. The smallest absolute Gasteiger partial charge is 0.223 e. The van der Waals surface area contributed by atoms with Crippen molar-refractivity contribution in [1.29, 1.82) is 0 Å². The third kappa shape index (κ3) is 4.97. The number of carbonyl (C=O) groups excluding carboxylic acids is 1.